The van der Waals surface area contributed by atoms with E-state index < -0.39 is 0 Å². The molecule has 1 aromatic heterocycles. The fourth-order valence-corrected chi connectivity index (χ4v) is 2.64. The Morgan fingerprint density at radius 3 is 2.46 bits per heavy atom. The van der Waals surface area contributed by atoms with E-state index in [-0.39, 0.29) is 5.91 Å². The third-order valence-electron chi connectivity index (χ3n) is 3.88. The van der Waals surface area contributed by atoms with Gasteiger partial charge in [-0.15, -0.1) is 0 Å². The fraction of sp³-hybridized carbons (Fsp3) is 0.105. The average Bonchev–Trinajstić information content (AvgIpc) is 2.62. The number of carbonyl (C=O) groups excluding carboxylic acids is 1. The van der Waals surface area contributed by atoms with E-state index in [0.29, 0.717) is 27.2 Å². The van der Waals surface area contributed by atoms with Crippen molar-refractivity contribution in [3.63, 3.8) is 0 Å². The molecule has 3 aromatic rings. The number of hydrogen-bond donors (Lipinski definition) is 2. The van der Waals surface area contributed by atoms with Crippen LogP contribution in [0.25, 0.3) is 0 Å². The molecule has 0 unspecified atom stereocenters. The second-order valence-corrected chi connectivity index (χ2v) is 6.59. The van der Waals surface area contributed by atoms with Gasteiger partial charge in [-0.2, -0.15) is 0 Å². The third-order valence-corrected chi connectivity index (χ3v) is 4.52. The van der Waals surface area contributed by atoms with Crippen molar-refractivity contribution in [2.45, 2.75) is 13.8 Å². The molecule has 0 radical (unpaired) electrons. The number of benzene rings is 2. The number of amides is 1. The topological polar surface area (TPSA) is 66.9 Å². The van der Waals surface area contributed by atoms with E-state index in [1.807, 2.05) is 38.1 Å². The van der Waals surface area contributed by atoms with Crippen LogP contribution in [0.1, 0.15) is 21.5 Å². The van der Waals surface area contributed by atoms with Gasteiger partial charge in [0.25, 0.3) is 5.91 Å². The zero-order chi connectivity index (χ0) is 18.7. The summed E-state index contributed by atoms with van der Waals surface area (Å²) in [5, 5.41) is 7.11. The highest BCUT2D eigenvalue weighted by atomic mass is 35.5. The molecule has 7 heteroatoms. The minimum absolute atomic E-state index is 0.305. The molecule has 0 atom stereocenters. The first-order valence-corrected chi connectivity index (χ1v) is 8.61. The lowest BCUT2D eigenvalue weighted by Crippen LogP contribution is -2.14. The van der Waals surface area contributed by atoms with Crippen LogP contribution in [0.3, 0.4) is 0 Å². The first-order chi connectivity index (χ1) is 12.4. The van der Waals surface area contributed by atoms with E-state index in [2.05, 4.69) is 20.6 Å². The Morgan fingerprint density at radius 2 is 1.73 bits per heavy atom. The van der Waals surface area contributed by atoms with Crippen molar-refractivity contribution in [1.82, 2.24) is 9.97 Å². The van der Waals surface area contributed by atoms with Gasteiger partial charge in [0.15, 0.2) is 0 Å². The Kier molecular flexibility index (Phi) is 5.40. The Hall–Kier alpha value is -2.63. The van der Waals surface area contributed by atoms with Crippen molar-refractivity contribution in [2.24, 2.45) is 0 Å². The molecule has 0 aliphatic heterocycles. The van der Waals surface area contributed by atoms with E-state index in [1.54, 1.807) is 12.1 Å². The Labute approximate surface area is 161 Å². The summed E-state index contributed by atoms with van der Waals surface area (Å²) >= 11 is 12.1. The number of halogens is 2. The van der Waals surface area contributed by atoms with Gasteiger partial charge < -0.3 is 10.6 Å². The van der Waals surface area contributed by atoms with Crippen LogP contribution >= 0.6 is 23.2 Å². The minimum atomic E-state index is -0.305. The minimum Gasteiger partial charge on any atom is -0.324 e. The molecule has 0 saturated carbocycles. The molecule has 0 bridgehead atoms. The van der Waals surface area contributed by atoms with Gasteiger partial charge in [-0.3, -0.25) is 4.79 Å². The molecule has 0 fully saturated rings. The van der Waals surface area contributed by atoms with Crippen LogP contribution in [0.4, 0.5) is 17.3 Å². The summed E-state index contributed by atoms with van der Waals surface area (Å²) in [5.74, 6) is 0.0757. The molecule has 2 N–H and O–H groups in total. The lowest BCUT2D eigenvalue weighted by Gasteiger charge is -2.10. The van der Waals surface area contributed by atoms with Crippen molar-refractivity contribution in [1.29, 1.82) is 0 Å². The Balaban J connectivity index is 1.73. The number of nitrogens with zero attached hydrogens (tertiary/aromatic N) is 2. The molecule has 1 heterocycles. The standard InChI is InChI=1S/C19H16Cl2N4O/c1-11-6-7-14(20)8-17(11)24-18(26)13-9-22-19(23-10-13)25-16-5-3-4-15(21)12(16)2/h3-10H,1-2H3,(H,24,26)(H,22,23,25). The van der Waals surface area contributed by atoms with Gasteiger partial charge >= 0.3 is 0 Å². The highest BCUT2D eigenvalue weighted by molar-refractivity contribution is 6.31. The monoisotopic (exact) mass is 386 g/mol. The summed E-state index contributed by atoms with van der Waals surface area (Å²) in [6.07, 6.45) is 2.93. The van der Waals surface area contributed by atoms with Gasteiger partial charge in [-0.05, 0) is 49.2 Å². The van der Waals surface area contributed by atoms with Crippen LogP contribution in [0.2, 0.25) is 10.0 Å². The number of aromatic nitrogens is 2. The van der Waals surface area contributed by atoms with Crippen LogP contribution in [-0.2, 0) is 0 Å². The van der Waals surface area contributed by atoms with Gasteiger partial charge in [0.05, 0.1) is 5.56 Å². The molecule has 26 heavy (non-hydrogen) atoms. The fourth-order valence-electron chi connectivity index (χ4n) is 2.30. The number of rotatable bonds is 4. The smallest absolute Gasteiger partial charge is 0.258 e. The number of hydrogen-bond acceptors (Lipinski definition) is 4. The molecule has 132 valence electrons. The highest BCUT2D eigenvalue weighted by Gasteiger charge is 2.10. The largest absolute Gasteiger partial charge is 0.324 e. The first-order valence-electron chi connectivity index (χ1n) is 7.86. The van der Waals surface area contributed by atoms with Gasteiger partial charge in [0.2, 0.25) is 5.95 Å². The van der Waals surface area contributed by atoms with Crippen LogP contribution in [0.5, 0.6) is 0 Å². The molecule has 0 spiro atoms. The predicted molar refractivity (Wildman–Crippen MR) is 106 cm³/mol. The summed E-state index contributed by atoms with van der Waals surface area (Å²) in [4.78, 5) is 20.8. The van der Waals surface area contributed by atoms with E-state index in [9.17, 15) is 4.79 Å². The van der Waals surface area contributed by atoms with E-state index in [0.717, 1.165) is 16.8 Å². The van der Waals surface area contributed by atoms with Crippen LogP contribution in [-0.4, -0.2) is 15.9 Å². The molecule has 2 aromatic carbocycles. The van der Waals surface area contributed by atoms with Gasteiger partial charge in [-0.25, -0.2) is 9.97 Å². The van der Waals surface area contributed by atoms with Gasteiger partial charge in [0.1, 0.15) is 0 Å². The summed E-state index contributed by atoms with van der Waals surface area (Å²) in [7, 11) is 0. The van der Waals surface area contributed by atoms with Crippen LogP contribution < -0.4 is 10.6 Å². The number of nitrogens with one attached hydrogen (secondary N) is 2. The van der Waals surface area contributed by atoms with Crippen molar-refractivity contribution in [3.05, 3.63) is 75.5 Å². The summed E-state index contributed by atoms with van der Waals surface area (Å²) < 4.78 is 0. The molecule has 1 amide bonds. The molecule has 0 aliphatic rings. The van der Waals surface area contributed by atoms with Crippen molar-refractivity contribution in [3.8, 4) is 0 Å². The second kappa shape index (κ2) is 7.72. The zero-order valence-corrected chi connectivity index (χ0v) is 15.7. The Morgan fingerprint density at radius 1 is 1.00 bits per heavy atom. The third kappa shape index (κ3) is 4.12. The molecule has 5 nitrogen and oxygen atoms in total. The maximum absolute atomic E-state index is 12.4. The van der Waals surface area contributed by atoms with Crippen LogP contribution in [0.15, 0.2) is 48.8 Å². The first kappa shape index (κ1) is 18.2. The second-order valence-electron chi connectivity index (χ2n) is 5.75. The Bertz CT molecular complexity index is 958. The molecule has 0 aliphatic carbocycles. The van der Waals surface area contributed by atoms with Crippen molar-refractivity contribution in [2.75, 3.05) is 10.6 Å². The molecule has 3 rings (SSSR count). The summed E-state index contributed by atoms with van der Waals surface area (Å²) in [6.45, 7) is 3.79. The maximum Gasteiger partial charge on any atom is 0.258 e. The maximum atomic E-state index is 12.4. The molecule has 0 saturated heterocycles. The average molecular weight is 387 g/mol. The molecular weight excluding hydrogens is 371 g/mol. The zero-order valence-electron chi connectivity index (χ0n) is 14.2. The normalized spacial score (nSPS) is 10.5. The summed E-state index contributed by atoms with van der Waals surface area (Å²) in [6, 6.07) is 10.9. The quantitative estimate of drug-likeness (QED) is 0.629. The van der Waals surface area contributed by atoms with E-state index in [4.69, 9.17) is 23.2 Å². The van der Waals surface area contributed by atoms with Crippen LogP contribution in [0, 0.1) is 13.8 Å². The SMILES string of the molecule is Cc1ccc(Cl)cc1NC(=O)c1cnc(Nc2cccc(Cl)c2C)nc1. The lowest BCUT2D eigenvalue weighted by atomic mass is 10.2. The van der Waals surface area contributed by atoms with E-state index >= 15 is 0 Å². The summed E-state index contributed by atoms with van der Waals surface area (Å²) in [5.41, 5.74) is 3.62. The number of carbonyl (C=O) groups is 1. The van der Waals surface area contributed by atoms with Gasteiger partial charge in [-0.1, -0.05) is 35.3 Å². The van der Waals surface area contributed by atoms with Gasteiger partial charge in [0, 0.05) is 33.8 Å². The number of aryl methyl sites for hydroxylation is 1. The predicted octanol–water partition coefficient (Wildman–Crippen LogP) is 5.40. The molecular formula is C19H16Cl2N4O. The van der Waals surface area contributed by atoms with Crippen molar-refractivity contribution >= 4 is 46.4 Å². The van der Waals surface area contributed by atoms with Crippen molar-refractivity contribution < 1.29 is 4.79 Å². The lowest BCUT2D eigenvalue weighted by molar-refractivity contribution is 0.102. The van der Waals surface area contributed by atoms with E-state index in [1.165, 1.54) is 12.4 Å². The number of anilines is 3. The highest BCUT2D eigenvalue weighted by Crippen LogP contribution is 2.25.